The zero-order valence-electron chi connectivity index (χ0n) is 10.7. The van der Waals surface area contributed by atoms with Gasteiger partial charge in [0.1, 0.15) is 0 Å². The van der Waals surface area contributed by atoms with Gasteiger partial charge in [-0.25, -0.2) is 10.2 Å². The second-order valence-electron chi connectivity index (χ2n) is 4.50. The first-order valence-electron chi connectivity index (χ1n) is 6.24. The molecule has 3 aromatic carbocycles. The molecule has 0 saturated carbocycles. The summed E-state index contributed by atoms with van der Waals surface area (Å²) >= 11 is 0. The number of benzene rings is 3. The molecule has 0 aliphatic heterocycles. The highest BCUT2D eigenvalue weighted by atomic mass is 16.2. The van der Waals surface area contributed by atoms with Crippen LogP contribution in [0.5, 0.6) is 0 Å². The van der Waals surface area contributed by atoms with Crippen molar-refractivity contribution in [1.82, 2.24) is 5.43 Å². The monoisotopic (exact) mass is 263 g/mol. The first kappa shape index (κ1) is 12.2. The van der Waals surface area contributed by atoms with Gasteiger partial charge in [-0.2, -0.15) is 5.10 Å². The summed E-state index contributed by atoms with van der Waals surface area (Å²) in [5, 5.41) is 8.41. The molecule has 4 heteroatoms. The molecule has 0 fully saturated rings. The van der Waals surface area contributed by atoms with Crippen LogP contribution in [0.2, 0.25) is 0 Å². The highest BCUT2D eigenvalue weighted by molar-refractivity contribution is 6.06. The zero-order valence-corrected chi connectivity index (χ0v) is 10.7. The van der Waals surface area contributed by atoms with Crippen molar-refractivity contribution in [3.63, 3.8) is 0 Å². The molecule has 3 aromatic rings. The summed E-state index contributed by atoms with van der Waals surface area (Å²) in [5.74, 6) is 0. The van der Waals surface area contributed by atoms with Crippen molar-refractivity contribution >= 4 is 33.8 Å². The van der Waals surface area contributed by atoms with Gasteiger partial charge in [0.2, 0.25) is 0 Å². The first-order chi connectivity index (χ1) is 9.74. The summed E-state index contributed by atoms with van der Waals surface area (Å²) in [6.45, 7) is 0. The number of nitrogens with one attached hydrogen (secondary N) is 1. The van der Waals surface area contributed by atoms with Crippen LogP contribution in [0.25, 0.3) is 21.5 Å². The summed E-state index contributed by atoms with van der Waals surface area (Å²) in [6, 6.07) is 17.8. The Morgan fingerprint density at radius 1 is 1.00 bits per heavy atom. The van der Waals surface area contributed by atoms with E-state index in [1.54, 1.807) is 6.21 Å². The van der Waals surface area contributed by atoms with Gasteiger partial charge in [0.25, 0.3) is 0 Å². The van der Waals surface area contributed by atoms with Crippen LogP contribution in [0.1, 0.15) is 5.56 Å². The van der Waals surface area contributed by atoms with Gasteiger partial charge < -0.3 is 5.73 Å². The molecule has 2 amide bonds. The van der Waals surface area contributed by atoms with Gasteiger partial charge in [-0.1, -0.05) is 42.5 Å². The molecule has 0 aliphatic carbocycles. The Morgan fingerprint density at radius 2 is 1.70 bits per heavy atom. The molecular formula is C16H13N3O. The minimum absolute atomic E-state index is 0.674. The maximum Gasteiger partial charge on any atom is 0.332 e. The van der Waals surface area contributed by atoms with Crippen molar-refractivity contribution < 1.29 is 4.79 Å². The summed E-state index contributed by atoms with van der Waals surface area (Å²) in [4.78, 5) is 10.6. The molecule has 0 aliphatic rings. The largest absolute Gasteiger partial charge is 0.350 e. The fourth-order valence-electron chi connectivity index (χ4n) is 2.27. The second kappa shape index (κ2) is 5.01. The van der Waals surface area contributed by atoms with E-state index in [0.29, 0.717) is 0 Å². The number of carbonyl (C=O) groups excluding carboxylic acids is 1. The van der Waals surface area contributed by atoms with Gasteiger partial charge in [0, 0.05) is 5.56 Å². The standard InChI is InChI=1S/C16H13N3O/c17-16(20)19-18-10-14-7-3-6-13-8-11-4-1-2-5-12(11)9-15(13)14/h1-10H,(H3,17,19,20). The van der Waals surface area contributed by atoms with E-state index in [1.165, 1.54) is 10.8 Å². The van der Waals surface area contributed by atoms with E-state index < -0.39 is 6.03 Å². The molecule has 0 aromatic heterocycles. The molecule has 0 heterocycles. The van der Waals surface area contributed by atoms with Crippen molar-refractivity contribution in [1.29, 1.82) is 0 Å². The van der Waals surface area contributed by atoms with Gasteiger partial charge >= 0.3 is 6.03 Å². The van der Waals surface area contributed by atoms with E-state index in [9.17, 15) is 4.79 Å². The van der Waals surface area contributed by atoms with Crippen LogP contribution in [0, 0.1) is 0 Å². The van der Waals surface area contributed by atoms with Crippen molar-refractivity contribution in [3.8, 4) is 0 Å². The number of rotatable bonds is 2. The highest BCUT2D eigenvalue weighted by Crippen LogP contribution is 2.24. The number of fused-ring (bicyclic) bond motifs is 2. The predicted molar refractivity (Wildman–Crippen MR) is 81.8 cm³/mol. The Bertz CT molecular complexity index is 824. The van der Waals surface area contributed by atoms with E-state index in [2.05, 4.69) is 40.9 Å². The number of hydrazone groups is 1. The number of primary amides is 1. The molecule has 98 valence electrons. The maximum atomic E-state index is 10.6. The molecule has 20 heavy (non-hydrogen) atoms. The Labute approximate surface area is 115 Å². The van der Waals surface area contributed by atoms with Gasteiger partial charge in [0.15, 0.2) is 0 Å². The number of nitrogens with zero attached hydrogens (tertiary/aromatic N) is 1. The zero-order chi connectivity index (χ0) is 13.9. The molecular weight excluding hydrogens is 250 g/mol. The molecule has 0 saturated heterocycles. The fraction of sp³-hybridized carbons (Fsp3) is 0. The van der Waals surface area contributed by atoms with Crippen molar-refractivity contribution in [2.24, 2.45) is 10.8 Å². The number of hydrogen-bond donors (Lipinski definition) is 2. The van der Waals surface area contributed by atoms with Crippen LogP contribution >= 0.6 is 0 Å². The normalized spacial score (nSPS) is 11.2. The van der Waals surface area contributed by atoms with Crippen LogP contribution in [-0.2, 0) is 0 Å². The number of nitrogens with two attached hydrogens (primary N) is 1. The van der Waals surface area contributed by atoms with Crippen LogP contribution in [0.3, 0.4) is 0 Å². The van der Waals surface area contributed by atoms with Crippen molar-refractivity contribution in [2.75, 3.05) is 0 Å². The Balaban J connectivity index is 2.15. The van der Waals surface area contributed by atoms with Crippen LogP contribution < -0.4 is 11.2 Å². The summed E-state index contributed by atoms with van der Waals surface area (Å²) in [5.41, 5.74) is 8.12. The third kappa shape index (κ3) is 2.31. The van der Waals surface area contributed by atoms with E-state index in [-0.39, 0.29) is 0 Å². The third-order valence-electron chi connectivity index (χ3n) is 3.16. The van der Waals surface area contributed by atoms with Crippen molar-refractivity contribution in [3.05, 3.63) is 60.2 Å². The van der Waals surface area contributed by atoms with Crippen molar-refractivity contribution in [2.45, 2.75) is 0 Å². The topological polar surface area (TPSA) is 67.5 Å². The molecule has 3 rings (SSSR count). The Hall–Kier alpha value is -2.88. The highest BCUT2D eigenvalue weighted by Gasteiger charge is 2.01. The lowest BCUT2D eigenvalue weighted by molar-refractivity contribution is 0.249. The lowest BCUT2D eigenvalue weighted by Crippen LogP contribution is -2.24. The average Bonchev–Trinajstić information content (AvgIpc) is 2.45. The van der Waals surface area contributed by atoms with E-state index >= 15 is 0 Å². The van der Waals surface area contributed by atoms with Gasteiger partial charge in [0.05, 0.1) is 6.21 Å². The molecule has 4 nitrogen and oxygen atoms in total. The molecule has 0 spiro atoms. The van der Waals surface area contributed by atoms with E-state index in [0.717, 1.165) is 16.3 Å². The first-order valence-corrected chi connectivity index (χ1v) is 6.24. The second-order valence-corrected chi connectivity index (χ2v) is 4.50. The van der Waals surface area contributed by atoms with Crippen LogP contribution in [-0.4, -0.2) is 12.2 Å². The summed E-state index contributed by atoms with van der Waals surface area (Å²) < 4.78 is 0. The minimum Gasteiger partial charge on any atom is -0.350 e. The predicted octanol–water partition coefficient (Wildman–Crippen LogP) is 3.00. The quantitative estimate of drug-likeness (QED) is 0.416. The van der Waals surface area contributed by atoms with Crippen LogP contribution in [0.15, 0.2) is 59.7 Å². The number of carbonyl (C=O) groups is 1. The number of amides is 2. The molecule has 0 atom stereocenters. The molecule has 0 unspecified atom stereocenters. The summed E-state index contributed by atoms with van der Waals surface area (Å²) in [6.07, 6.45) is 1.60. The lowest BCUT2D eigenvalue weighted by atomic mass is 10.0. The lowest BCUT2D eigenvalue weighted by Gasteiger charge is -2.05. The van der Waals surface area contributed by atoms with Gasteiger partial charge in [-0.05, 0) is 33.7 Å². The Kier molecular flexibility index (Phi) is 3.05. The van der Waals surface area contributed by atoms with E-state index in [4.69, 9.17) is 5.73 Å². The number of hydrogen-bond acceptors (Lipinski definition) is 2. The number of urea groups is 1. The Morgan fingerprint density at radius 3 is 2.45 bits per heavy atom. The fourth-order valence-corrected chi connectivity index (χ4v) is 2.27. The third-order valence-corrected chi connectivity index (χ3v) is 3.16. The molecule has 0 bridgehead atoms. The SMILES string of the molecule is NC(=O)NN=Cc1cccc2cc3ccccc3cc12. The average molecular weight is 263 g/mol. The van der Waals surface area contributed by atoms with Gasteiger partial charge in [-0.3, -0.25) is 0 Å². The molecule has 0 radical (unpaired) electrons. The van der Waals surface area contributed by atoms with Crippen LogP contribution in [0.4, 0.5) is 4.79 Å². The molecule has 3 N–H and O–H groups in total. The smallest absolute Gasteiger partial charge is 0.332 e. The maximum absolute atomic E-state index is 10.6. The van der Waals surface area contributed by atoms with E-state index in [1.807, 2.05) is 24.3 Å². The minimum atomic E-state index is -0.674. The van der Waals surface area contributed by atoms with Gasteiger partial charge in [-0.15, -0.1) is 0 Å². The summed E-state index contributed by atoms with van der Waals surface area (Å²) in [7, 11) is 0.